The first-order valence-corrected chi connectivity index (χ1v) is 10.3. The van der Waals surface area contributed by atoms with Crippen LogP contribution in [0.15, 0.2) is 24.3 Å². The van der Waals surface area contributed by atoms with Crippen LogP contribution in [0.3, 0.4) is 0 Å². The Balaban J connectivity index is 0.00000196. The first-order chi connectivity index (χ1) is 12.4. The molecule has 0 bridgehead atoms. The van der Waals surface area contributed by atoms with Crippen molar-refractivity contribution in [1.82, 2.24) is 9.80 Å². The minimum absolute atomic E-state index is 0. The van der Waals surface area contributed by atoms with Gasteiger partial charge in [-0.15, -0.1) is 24.8 Å². The Morgan fingerprint density at radius 2 is 1.79 bits per heavy atom. The van der Waals surface area contributed by atoms with Gasteiger partial charge in [-0.25, -0.2) is 0 Å². The van der Waals surface area contributed by atoms with E-state index >= 15 is 0 Å². The van der Waals surface area contributed by atoms with Gasteiger partial charge in [0.05, 0.1) is 0 Å². The smallest absolute Gasteiger partial charge is 0.224 e. The summed E-state index contributed by atoms with van der Waals surface area (Å²) >= 11 is 0. The summed E-state index contributed by atoms with van der Waals surface area (Å²) in [5.74, 6) is 0.129. The van der Waals surface area contributed by atoms with Gasteiger partial charge >= 0.3 is 0 Å². The average Bonchev–Trinajstić information content (AvgIpc) is 2.61. The number of nitrogens with zero attached hydrogens (tertiary/aromatic N) is 2. The van der Waals surface area contributed by atoms with Crippen LogP contribution in [-0.4, -0.2) is 54.5 Å². The number of piperazine rings is 1. The zero-order valence-corrected chi connectivity index (χ0v) is 19.2. The zero-order chi connectivity index (χ0) is 18.6. The van der Waals surface area contributed by atoms with Gasteiger partial charge < -0.3 is 10.2 Å². The van der Waals surface area contributed by atoms with E-state index in [1.54, 1.807) is 0 Å². The van der Waals surface area contributed by atoms with Crippen molar-refractivity contribution in [3.05, 3.63) is 29.8 Å². The molecule has 0 saturated carbocycles. The topological polar surface area (TPSA) is 35.6 Å². The summed E-state index contributed by atoms with van der Waals surface area (Å²) in [4.78, 5) is 17.4. The minimum Gasteiger partial charge on any atom is -0.326 e. The van der Waals surface area contributed by atoms with Gasteiger partial charge in [-0.2, -0.15) is 0 Å². The van der Waals surface area contributed by atoms with Crippen molar-refractivity contribution >= 4 is 36.4 Å². The number of halogens is 2. The molecule has 6 heteroatoms. The van der Waals surface area contributed by atoms with Crippen LogP contribution in [0.4, 0.5) is 5.69 Å². The molecule has 0 aromatic heterocycles. The molecule has 0 aliphatic carbocycles. The van der Waals surface area contributed by atoms with Gasteiger partial charge in [0, 0.05) is 37.8 Å². The molecule has 0 radical (unpaired) electrons. The van der Waals surface area contributed by atoms with Crippen LogP contribution in [0.5, 0.6) is 0 Å². The standard InChI is InChI=1S/C22H35N3O.2ClH/c1-22(2,3)18-9-11-19(12-10-18)23-21(26)8-6-13-24-15-16-25-14-5-4-7-20(25)17-24;;/h9-12,20H,4-8,13-17H2,1-3H3,(H,23,26);2*1H. The lowest BCUT2D eigenvalue weighted by molar-refractivity contribution is -0.116. The molecule has 2 aliphatic heterocycles. The van der Waals surface area contributed by atoms with E-state index in [9.17, 15) is 4.79 Å². The number of carbonyl (C=O) groups excluding carboxylic acids is 1. The van der Waals surface area contributed by atoms with Crippen molar-refractivity contribution in [2.75, 3.05) is 38.0 Å². The van der Waals surface area contributed by atoms with Crippen molar-refractivity contribution in [1.29, 1.82) is 0 Å². The molecule has 2 saturated heterocycles. The molecule has 2 heterocycles. The van der Waals surface area contributed by atoms with Crippen LogP contribution in [0.1, 0.15) is 58.4 Å². The van der Waals surface area contributed by atoms with E-state index in [1.165, 1.54) is 44.5 Å². The fourth-order valence-electron chi connectivity index (χ4n) is 4.16. The van der Waals surface area contributed by atoms with Crippen molar-refractivity contribution in [2.45, 2.75) is 64.3 Å². The molecule has 2 fully saturated rings. The maximum absolute atomic E-state index is 12.2. The van der Waals surface area contributed by atoms with E-state index in [0.29, 0.717) is 6.42 Å². The molecular formula is C22H37Cl2N3O. The zero-order valence-electron chi connectivity index (χ0n) is 17.6. The summed E-state index contributed by atoms with van der Waals surface area (Å²) in [5, 5.41) is 3.04. The van der Waals surface area contributed by atoms with Gasteiger partial charge in [0.15, 0.2) is 0 Å². The largest absolute Gasteiger partial charge is 0.326 e. The molecule has 1 aromatic rings. The second kappa shape index (κ2) is 11.4. The predicted molar refractivity (Wildman–Crippen MR) is 123 cm³/mol. The lowest BCUT2D eigenvalue weighted by atomic mass is 9.87. The van der Waals surface area contributed by atoms with Gasteiger partial charge in [-0.3, -0.25) is 9.69 Å². The number of hydrogen-bond donors (Lipinski definition) is 1. The van der Waals surface area contributed by atoms with E-state index < -0.39 is 0 Å². The van der Waals surface area contributed by atoms with Crippen molar-refractivity contribution < 1.29 is 4.79 Å². The molecule has 3 rings (SSSR count). The fraction of sp³-hybridized carbons (Fsp3) is 0.682. The van der Waals surface area contributed by atoms with E-state index in [0.717, 1.165) is 31.2 Å². The third kappa shape index (κ3) is 7.22. The number of rotatable bonds is 5. The Labute approximate surface area is 183 Å². The normalized spacial score (nSPS) is 20.5. The maximum Gasteiger partial charge on any atom is 0.224 e. The Bertz CT molecular complexity index is 601. The van der Waals surface area contributed by atoms with Gasteiger partial charge in [0.1, 0.15) is 0 Å². The van der Waals surface area contributed by atoms with Crippen LogP contribution in [0.2, 0.25) is 0 Å². The number of nitrogens with one attached hydrogen (secondary N) is 1. The molecule has 1 unspecified atom stereocenters. The van der Waals surface area contributed by atoms with E-state index in [-0.39, 0.29) is 36.1 Å². The molecule has 1 N–H and O–H groups in total. The SMILES string of the molecule is CC(C)(C)c1ccc(NC(=O)CCCN2CCN3CCCCC3C2)cc1.Cl.Cl. The van der Waals surface area contributed by atoms with Crippen LogP contribution in [0.25, 0.3) is 0 Å². The Kier molecular flexibility index (Phi) is 10.3. The Morgan fingerprint density at radius 1 is 1.07 bits per heavy atom. The highest BCUT2D eigenvalue weighted by molar-refractivity contribution is 5.90. The minimum atomic E-state index is 0. The number of amides is 1. The molecule has 0 spiro atoms. The maximum atomic E-state index is 12.2. The molecule has 1 aromatic carbocycles. The summed E-state index contributed by atoms with van der Waals surface area (Å²) in [6.45, 7) is 12.5. The van der Waals surface area contributed by atoms with Crippen LogP contribution >= 0.6 is 24.8 Å². The summed E-state index contributed by atoms with van der Waals surface area (Å²) in [7, 11) is 0. The highest BCUT2D eigenvalue weighted by atomic mass is 35.5. The van der Waals surface area contributed by atoms with Gasteiger partial charge in [0.2, 0.25) is 5.91 Å². The van der Waals surface area contributed by atoms with Gasteiger partial charge in [0.25, 0.3) is 0 Å². The summed E-state index contributed by atoms with van der Waals surface area (Å²) in [6, 6.07) is 9.01. The molecule has 160 valence electrons. The molecule has 2 aliphatic rings. The summed E-state index contributed by atoms with van der Waals surface area (Å²) < 4.78 is 0. The average molecular weight is 430 g/mol. The highest BCUT2D eigenvalue weighted by Gasteiger charge is 2.28. The molecule has 28 heavy (non-hydrogen) atoms. The second-order valence-electron chi connectivity index (χ2n) is 8.97. The molecule has 1 atom stereocenters. The number of piperidine rings is 1. The summed E-state index contributed by atoms with van der Waals surface area (Å²) in [6.07, 6.45) is 5.64. The lowest BCUT2D eigenvalue weighted by Gasteiger charge is -2.44. The number of fused-ring (bicyclic) bond motifs is 1. The number of anilines is 1. The third-order valence-corrected chi connectivity index (χ3v) is 5.83. The quantitative estimate of drug-likeness (QED) is 0.735. The Morgan fingerprint density at radius 3 is 2.46 bits per heavy atom. The summed E-state index contributed by atoms with van der Waals surface area (Å²) in [5.41, 5.74) is 2.33. The first kappa shape index (κ1) is 25.2. The van der Waals surface area contributed by atoms with Gasteiger partial charge in [-0.05, 0) is 55.5 Å². The van der Waals surface area contributed by atoms with Crippen LogP contribution in [0, 0.1) is 0 Å². The number of carbonyl (C=O) groups is 1. The molecule has 1 amide bonds. The van der Waals surface area contributed by atoms with E-state index in [4.69, 9.17) is 0 Å². The van der Waals surface area contributed by atoms with Crippen LogP contribution < -0.4 is 5.32 Å². The number of benzene rings is 1. The highest BCUT2D eigenvalue weighted by Crippen LogP contribution is 2.24. The van der Waals surface area contributed by atoms with E-state index in [1.807, 2.05) is 12.1 Å². The van der Waals surface area contributed by atoms with Crippen molar-refractivity contribution in [3.63, 3.8) is 0 Å². The first-order valence-electron chi connectivity index (χ1n) is 10.3. The lowest BCUT2D eigenvalue weighted by Crippen LogP contribution is -2.54. The van der Waals surface area contributed by atoms with Gasteiger partial charge in [-0.1, -0.05) is 39.3 Å². The number of hydrogen-bond acceptors (Lipinski definition) is 3. The monoisotopic (exact) mass is 429 g/mol. The second-order valence-corrected chi connectivity index (χ2v) is 8.97. The van der Waals surface area contributed by atoms with Crippen molar-refractivity contribution in [3.8, 4) is 0 Å². The van der Waals surface area contributed by atoms with E-state index in [2.05, 4.69) is 48.0 Å². The Hall–Kier alpha value is -0.810. The van der Waals surface area contributed by atoms with Crippen LogP contribution in [-0.2, 0) is 10.2 Å². The molecular weight excluding hydrogens is 393 g/mol. The predicted octanol–water partition coefficient (Wildman–Crippen LogP) is 4.72. The molecule has 4 nitrogen and oxygen atoms in total. The van der Waals surface area contributed by atoms with Crippen molar-refractivity contribution in [2.24, 2.45) is 0 Å². The third-order valence-electron chi connectivity index (χ3n) is 5.83. The fourth-order valence-corrected chi connectivity index (χ4v) is 4.16.